The van der Waals surface area contributed by atoms with Crippen LogP contribution in [-0.4, -0.2) is 38.8 Å². The van der Waals surface area contributed by atoms with Gasteiger partial charge in [-0.25, -0.2) is 13.9 Å². The number of hydrogen-bond donors (Lipinski definition) is 1. The quantitative estimate of drug-likeness (QED) is 0.424. The van der Waals surface area contributed by atoms with Crippen molar-refractivity contribution < 1.29 is 9.18 Å². The van der Waals surface area contributed by atoms with Gasteiger partial charge in [-0.2, -0.15) is 5.10 Å². The number of carbonyl (C=O) groups is 1. The highest BCUT2D eigenvalue weighted by Gasteiger charge is 2.37. The molecular weight excluding hydrogens is 439 g/mol. The lowest BCUT2D eigenvalue weighted by atomic mass is 9.78. The van der Waals surface area contributed by atoms with E-state index in [0.717, 1.165) is 44.2 Å². The Bertz CT molecular complexity index is 1060. The topological polar surface area (TPSA) is 50.2 Å². The Morgan fingerprint density at radius 3 is 2.51 bits per heavy atom. The maximum atomic E-state index is 13.4. The zero-order valence-corrected chi connectivity index (χ0v) is 22.1. The summed E-state index contributed by atoms with van der Waals surface area (Å²) >= 11 is 0. The van der Waals surface area contributed by atoms with Gasteiger partial charge in [0.1, 0.15) is 5.82 Å². The molecule has 1 heterocycles. The number of urea groups is 1. The molecule has 1 N–H and O–H groups in total. The number of fused-ring (bicyclic) bond motifs is 1. The van der Waals surface area contributed by atoms with Gasteiger partial charge in [-0.1, -0.05) is 31.4 Å². The van der Waals surface area contributed by atoms with E-state index in [1.165, 1.54) is 29.0 Å². The molecule has 6 heteroatoms. The van der Waals surface area contributed by atoms with Crippen molar-refractivity contribution in [2.75, 3.05) is 0 Å². The van der Waals surface area contributed by atoms with E-state index in [-0.39, 0.29) is 30.0 Å². The van der Waals surface area contributed by atoms with Gasteiger partial charge >= 0.3 is 6.03 Å². The lowest BCUT2D eigenvalue weighted by Crippen LogP contribution is -2.51. The molecule has 190 valence electrons. The monoisotopic (exact) mass is 480 g/mol. The number of hydrogen-bond acceptors (Lipinski definition) is 2. The molecule has 1 aromatic heterocycles. The van der Waals surface area contributed by atoms with Crippen molar-refractivity contribution in [1.29, 1.82) is 0 Å². The summed E-state index contributed by atoms with van der Waals surface area (Å²) in [6, 6.07) is 7.16. The molecular formula is C29H41FN4O. The number of carbonyl (C=O) groups excluding carboxylic acids is 1. The Balaban J connectivity index is 1.52. The van der Waals surface area contributed by atoms with Gasteiger partial charge in [-0.05, 0) is 83.6 Å². The third-order valence-electron chi connectivity index (χ3n) is 7.81. The average Bonchev–Trinajstić information content (AvgIpc) is 3.39. The first kappa shape index (κ1) is 25.5. The molecule has 4 rings (SSSR count). The van der Waals surface area contributed by atoms with E-state index in [9.17, 15) is 9.18 Å². The predicted molar refractivity (Wildman–Crippen MR) is 139 cm³/mol. The lowest BCUT2D eigenvalue weighted by Gasteiger charge is -2.34. The molecule has 0 saturated heterocycles. The summed E-state index contributed by atoms with van der Waals surface area (Å²) in [4.78, 5) is 15.1. The SMILES string of the molecule is CCCC(C[C@H]1CCC2=C1[C@@H](C)c1cnn(-c3ccc(F)cc3)c1C2)NC(=O)N(C(C)C)C(C)C. The van der Waals surface area contributed by atoms with Crippen molar-refractivity contribution in [1.82, 2.24) is 20.0 Å². The number of aromatic nitrogens is 2. The van der Waals surface area contributed by atoms with E-state index in [0.29, 0.717) is 11.8 Å². The molecule has 0 bridgehead atoms. The minimum Gasteiger partial charge on any atom is -0.335 e. The minimum absolute atomic E-state index is 0.0557. The molecule has 2 aliphatic carbocycles. The van der Waals surface area contributed by atoms with E-state index >= 15 is 0 Å². The van der Waals surface area contributed by atoms with Gasteiger partial charge in [0.2, 0.25) is 0 Å². The maximum Gasteiger partial charge on any atom is 0.318 e. The molecule has 2 aromatic rings. The van der Waals surface area contributed by atoms with Crippen molar-refractivity contribution >= 4 is 6.03 Å². The molecule has 0 aliphatic heterocycles. The summed E-state index contributed by atoms with van der Waals surface area (Å²) in [6.45, 7) is 12.8. The second-order valence-electron chi connectivity index (χ2n) is 10.9. The molecule has 1 unspecified atom stereocenters. The number of rotatable bonds is 8. The summed E-state index contributed by atoms with van der Waals surface area (Å²) in [7, 11) is 0. The van der Waals surface area contributed by atoms with Crippen molar-refractivity contribution in [2.45, 2.75) is 104 Å². The van der Waals surface area contributed by atoms with Crippen LogP contribution in [0.15, 0.2) is 41.6 Å². The summed E-state index contributed by atoms with van der Waals surface area (Å²) in [5, 5.41) is 8.07. The van der Waals surface area contributed by atoms with E-state index < -0.39 is 0 Å². The molecule has 35 heavy (non-hydrogen) atoms. The summed E-state index contributed by atoms with van der Waals surface area (Å²) in [5.74, 6) is 0.576. The second-order valence-corrected chi connectivity index (χ2v) is 10.9. The van der Waals surface area contributed by atoms with Gasteiger partial charge in [-0.3, -0.25) is 0 Å². The Hall–Kier alpha value is -2.63. The van der Waals surface area contributed by atoms with Gasteiger partial charge in [-0.15, -0.1) is 0 Å². The van der Waals surface area contributed by atoms with Crippen LogP contribution in [0.1, 0.15) is 90.8 Å². The fraction of sp³-hybridized carbons (Fsp3) is 0.586. The molecule has 0 fully saturated rings. The highest BCUT2D eigenvalue weighted by molar-refractivity contribution is 5.75. The van der Waals surface area contributed by atoms with Gasteiger partial charge in [0.15, 0.2) is 0 Å². The molecule has 1 aromatic carbocycles. The number of allylic oxidation sites excluding steroid dienone is 2. The van der Waals surface area contributed by atoms with E-state index in [1.54, 1.807) is 17.7 Å². The van der Waals surface area contributed by atoms with Crippen molar-refractivity contribution in [3.63, 3.8) is 0 Å². The predicted octanol–water partition coefficient (Wildman–Crippen LogP) is 6.76. The van der Waals surface area contributed by atoms with Crippen LogP contribution in [0, 0.1) is 11.7 Å². The van der Waals surface area contributed by atoms with Crippen LogP contribution in [0.5, 0.6) is 0 Å². The summed E-state index contributed by atoms with van der Waals surface area (Å²) in [5.41, 5.74) is 6.51. The lowest BCUT2D eigenvalue weighted by molar-refractivity contribution is 0.159. The van der Waals surface area contributed by atoms with Crippen LogP contribution >= 0.6 is 0 Å². The third-order valence-corrected chi connectivity index (χ3v) is 7.81. The smallest absolute Gasteiger partial charge is 0.318 e. The first-order chi connectivity index (χ1) is 16.7. The zero-order chi connectivity index (χ0) is 25.3. The molecule has 0 saturated carbocycles. The largest absolute Gasteiger partial charge is 0.335 e. The van der Waals surface area contributed by atoms with E-state index in [1.807, 2.05) is 15.8 Å². The standard InChI is InChI=1S/C29H41FN4O/c1-7-8-24(32-29(35)33(18(2)3)19(4)5)15-21-9-10-22-16-27-26(20(6)28(21)22)17-31-34(27)25-13-11-23(30)12-14-25/h11-14,17-21,24H,7-10,15-16H2,1-6H3,(H,32,35)/t20-,21+,24?/m0/s1. The highest BCUT2D eigenvalue weighted by atomic mass is 19.1. The number of halogens is 1. The van der Waals surface area contributed by atoms with Crippen LogP contribution < -0.4 is 5.32 Å². The van der Waals surface area contributed by atoms with Gasteiger partial charge in [0.05, 0.1) is 17.6 Å². The first-order valence-corrected chi connectivity index (χ1v) is 13.3. The highest BCUT2D eigenvalue weighted by Crippen LogP contribution is 2.48. The van der Waals surface area contributed by atoms with Crippen molar-refractivity contribution in [3.05, 3.63) is 58.7 Å². The summed E-state index contributed by atoms with van der Waals surface area (Å²) in [6.07, 6.45) is 8.20. The molecule has 2 amide bonds. The molecule has 5 nitrogen and oxygen atoms in total. The van der Waals surface area contributed by atoms with Gasteiger partial charge < -0.3 is 10.2 Å². The van der Waals surface area contributed by atoms with Crippen LogP contribution in [0.25, 0.3) is 5.69 Å². The number of nitrogens with zero attached hydrogens (tertiary/aromatic N) is 3. The van der Waals surface area contributed by atoms with Gasteiger partial charge in [0, 0.05) is 36.0 Å². The number of benzene rings is 1. The van der Waals surface area contributed by atoms with Crippen LogP contribution in [0.2, 0.25) is 0 Å². The van der Waals surface area contributed by atoms with Crippen LogP contribution in [0.3, 0.4) is 0 Å². The Kier molecular flexibility index (Phi) is 7.67. The Labute approximate surface area is 209 Å². The fourth-order valence-electron chi connectivity index (χ4n) is 6.39. The van der Waals surface area contributed by atoms with E-state index in [2.05, 4.69) is 52.0 Å². The molecule has 2 aliphatic rings. The number of nitrogens with one attached hydrogen (secondary N) is 1. The van der Waals surface area contributed by atoms with Crippen LogP contribution in [-0.2, 0) is 6.42 Å². The van der Waals surface area contributed by atoms with Crippen molar-refractivity contribution in [2.24, 2.45) is 5.92 Å². The second kappa shape index (κ2) is 10.5. The molecule has 0 radical (unpaired) electrons. The van der Waals surface area contributed by atoms with E-state index in [4.69, 9.17) is 0 Å². The van der Waals surface area contributed by atoms with Gasteiger partial charge in [0.25, 0.3) is 0 Å². The minimum atomic E-state index is -0.231. The fourth-order valence-corrected chi connectivity index (χ4v) is 6.39. The van der Waals surface area contributed by atoms with Crippen molar-refractivity contribution in [3.8, 4) is 5.69 Å². The summed E-state index contributed by atoms with van der Waals surface area (Å²) < 4.78 is 15.4. The first-order valence-electron chi connectivity index (χ1n) is 13.3. The maximum absolute atomic E-state index is 13.4. The normalized spacial score (nSPS) is 20.3. The zero-order valence-electron chi connectivity index (χ0n) is 22.1. The third kappa shape index (κ3) is 5.17. The molecule has 3 atom stereocenters. The molecule has 0 spiro atoms. The van der Waals surface area contributed by atoms with Crippen LogP contribution in [0.4, 0.5) is 9.18 Å². The average molecular weight is 481 g/mol. The Morgan fingerprint density at radius 2 is 1.89 bits per heavy atom. The number of amides is 2. The Morgan fingerprint density at radius 1 is 1.20 bits per heavy atom.